The number of carbonyl (C=O) groups excluding carboxylic acids is 2. The molecule has 1 rings (SSSR count). The van der Waals surface area contributed by atoms with E-state index >= 15 is 0 Å². The van der Waals surface area contributed by atoms with Crippen molar-refractivity contribution in [3.8, 4) is 0 Å². The average molecular weight is 272 g/mol. The smallest absolute Gasteiger partial charge is 0.407 e. The highest BCUT2D eigenvalue weighted by molar-refractivity contribution is 5.98. The van der Waals surface area contributed by atoms with Crippen LogP contribution in [0.15, 0.2) is 0 Å². The van der Waals surface area contributed by atoms with E-state index in [1.807, 2.05) is 0 Å². The number of amides is 3. The molecule has 1 aliphatic heterocycles. The molecule has 0 unspecified atom stereocenters. The first-order valence-electron chi connectivity index (χ1n) is 6.15. The first-order chi connectivity index (χ1) is 8.73. The van der Waals surface area contributed by atoms with Crippen LogP contribution in [0.5, 0.6) is 0 Å². The Morgan fingerprint density at radius 1 is 1.32 bits per heavy atom. The molecule has 0 aliphatic carbocycles. The van der Waals surface area contributed by atoms with Crippen molar-refractivity contribution < 1.29 is 24.2 Å². The van der Waals surface area contributed by atoms with E-state index in [0.717, 1.165) is 4.90 Å². The molecule has 3 amide bonds. The lowest BCUT2D eigenvalue weighted by Crippen LogP contribution is -2.49. The third kappa shape index (κ3) is 4.20. The van der Waals surface area contributed by atoms with Crippen LogP contribution in [0.3, 0.4) is 0 Å². The molecule has 19 heavy (non-hydrogen) atoms. The van der Waals surface area contributed by atoms with E-state index in [1.54, 1.807) is 20.8 Å². The number of carboxylic acid groups (broad SMARTS) is 1. The Kier molecular flexibility index (Phi) is 4.88. The molecule has 0 bridgehead atoms. The zero-order valence-corrected chi connectivity index (χ0v) is 11.5. The predicted molar refractivity (Wildman–Crippen MR) is 66.6 cm³/mol. The molecule has 0 saturated carbocycles. The summed E-state index contributed by atoms with van der Waals surface area (Å²) in [6.45, 7) is 5.71. The third-order valence-corrected chi connectivity index (χ3v) is 2.86. The topological polar surface area (TPSA) is 87.2 Å². The maximum absolute atomic E-state index is 11.5. The van der Waals surface area contributed by atoms with Crippen LogP contribution in [0, 0.1) is 0 Å². The fraction of sp³-hybridized carbons (Fsp3) is 0.750. The molecule has 0 aromatic rings. The number of morpholine rings is 1. The summed E-state index contributed by atoms with van der Waals surface area (Å²) in [4.78, 5) is 36.5. The number of nitrogens with zero attached hydrogens (tertiary/aromatic N) is 2. The molecule has 1 heterocycles. The van der Waals surface area contributed by atoms with E-state index < -0.39 is 11.6 Å². The van der Waals surface area contributed by atoms with Gasteiger partial charge in [0, 0.05) is 18.6 Å². The normalized spacial score (nSPS) is 16.7. The summed E-state index contributed by atoms with van der Waals surface area (Å²) in [5, 5.41) is 9.11. The molecule has 0 spiro atoms. The van der Waals surface area contributed by atoms with Gasteiger partial charge in [0.15, 0.2) is 0 Å². The van der Waals surface area contributed by atoms with Crippen LogP contribution >= 0.6 is 0 Å². The molecule has 1 N–H and O–H groups in total. The Labute approximate surface area is 112 Å². The number of carbonyl (C=O) groups is 3. The molecule has 1 saturated heterocycles. The molecule has 7 nitrogen and oxygen atoms in total. The molecule has 0 aromatic carbocycles. The van der Waals surface area contributed by atoms with Crippen LogP contribution in [0.1, 0.15) is 27.2 Å². The molecule has 0 radical (unpaired) electrons. The highest BCUT2D eigenvalue weighted by Gasteiger charge is 2.28. The van der Waals surface area contributed by atoms with Gasteiger partial charge in [-0.05, 0) is 27.2 Å². The van der Waals surface area contributed by atoms with Crippen LogP contribution in [-0.2, 0) is 14.3 Å². The van der Waals surface area contributed by atoms with Gasteiger partial charge in [0.25, 0.3) is 11.8 Å². The Morgan fingerprint density at radius 2 is 1.84 bits per heavy atom. The van der Waals surface area contributed by atoms with Crippen LogP contribution < -0.4 is 0 Å². The fourth-order valence-electron chi connectivity index (χ4n) is 1.87. The maximum Gasteiger partial charge on any atom is 0.407 e. The van der Waals surface area contributed by atoms with Crippen LogP contribution in [0.4, 0.5) is 4.79 Å². The summed E-state index contributed by atoms with van der Waals surface area (Å²) < 4.78 is 4.80. The second-order valence-corrected chi connectivity index (χ2v) is 5.39. The SMILES string of the molecule is CC(C)(C)N(CCCN1C(=O)COCC1=O)C(=O)O. The van der Waals surface area contributed by atoms with Gasteiger partial charge < -0.3 is 14.7 Å². The minimum absolute atomic E-state index is 0.0896. The highest BCUT2D eigenvalue weighted by Crippen LogP contribution is 2.14. The zero-order chi connectivity index (χ0) is 14.6. The summed E-state index contributed by atoms with van der Waals surface area (Å²) in [6.07, 6.45) is -0.590. The molecule has 7 heteroatoms. The van der Waals surface area contributed by atoms with E-state index in [-0.39, 0.29) is 38.1 Å². The van der Waals surface area contributed by atoms with Crippen molar-refractivity contribution in [2.45, 2.75) is 32.7 Å². The second kappa shape index (κ2) is 6.01. The Bertz CT molecular complexity index is 359. The van der Waals surface area contributed by atoms with Gasteiger partial charge in [0.2, 0.25) is 0 Å². The molecule has 0 aromatic heterocycles. The summed E-state index contributed by atoms with van der Waals surface area (Å²) in [5.41, 5.74) is -0.509. The Balaban J connectivity index is 2.50. The number of imide groups is 1. The van der Waals surface area contributed by atoms with Crippen molar-refractivity contribution in [3.63, 3.8) is 0 Å². The largest absolute Gasteiger partial charge is 0.465 e. The molecule has 108 valence electrons. The first kappa shape index (κ1) is 15.4. The molecular formula is C12H20N2O5. The molecular weight excluding hydrogens is 252 g/mol. The third-order valence-electron chi connectivity index (χ3n) is 2.86. The first-order valence-corrected chi connectivity index (χ1v) is 6.15. The number of ether oxygens (including phenoxy) is 1. The standard InChI is InChI=1S/C12H20N2O5/c1-12(2,3)14(11(17)18)6-4-5-13-9(15)7-19-8-10(13)16/h4-8H2,1-3H3,(H,17,18). The number of hydrogen-bond donors (Lipinski definition) is 1. The number of hydrogen-bond acceptors (Lipinski definition) is 4. The molecule has 0 atom stereocenters. The van der Waals surface area contributed by atoms with E-state index in [1.165, 1.54) is 4.90 Å². The average Bonchev–Trinajstić information content (AvgIpc) is 2.25. The van der Waals surface area contributed by atoms with Gasteiger partial charge >= 0.3 is 6.09 Å². The van der Waals surface area contributed by atoms with Crippen molar-refractivity contribution in [1.82, 2.24) is 9.80 Å². The van der Waals surface area contributed by atoms with E-state index in [0.29, 0.717) is 6.42 Å². The Hall–Kier alpha value is -1.63. The molecule has 1 fully saturated rings. The predicted octanol–water partition coefficient (Wildman–Crippen LogP) is 0.540. The van der Waals surface area contributed by atoms with Gasteiger partial charge in [0.05, 0.1) is 0 Å². The summed E-state index contributed by atoms with van der Waals surface area (Å²) in [5.74, 6) is -0.734. The van der Waals surface area contributed by atoms with Gasteiger partial charge in [-0.15, -0.1) is 0 Å². The van der Waals surface area contributed by atoms with Gasteiger partial charge in [-0.1, -0.05) is 0 Å². The van der Waals surface area contributed by atoms with Crippen LogP contribution in [0.25, 0.3) is 0 Å². The second-order valence-electron chi connectivity index (χ2n) is 5.39. The summed E-state index contributed by atoms with van der Waals surface area (Å²) in [6, 6.07) is 0. The van der Waals surface area contributed by atoms with E-state index in [9.17, 15) is 14.4 Å². The van der Waals surface area contributed by atoms with E-state index in [2.05, 4.69) is 0 Å². The quantitative estimate of drug-likeness (QED) is 0.755. The van der Waals surface area contributed by atoms with Crippen molar-refractivity contribution in [2.75, 3.05) is 26.3 Å². The lowest BCUT2D eigenvalue weighted by molar-refractivity contribution is -0.158. The lowest BCUT2D eigenvalue weighted by atomic mass is 10.1. The fourth-order valence-corrected chi connectivity index (χ4v) is 1.87. The summed E-state index contributed by atoms with van der Waals surface area (Å²) >= 11 is 0. The van der Waals surface area contributed by atoms with Gasteiger partial charge in [-0.2, -0.15) is 0 Å². The highest BCUT2D eigenvalue weighted by atomic mass is 16.5. The van der Waals surface area contributed by atoms with Crippen LogP contribution in [-0.4, -0.2) is 64.7 Å². The van der Waals surface area contributed by atoms with Crippen molar-refractivity contribution in [3.05, 3.63) is 0 Å². The van der Waals surface area contributed by atoms with E-state index in [4.69, 9.17) is 9.84 Å². The zero-order valence-electron chi connectivity index (χ0n) is 11.5. The monoisotopic (exact) mass is 272 g/mol. The van der Waals surface area contributed by atoms with Crippen LogP contribution in [0.2, 0.25) is 0 Å². The van der Waals surface area contributed by atoms with Gasteiger partial charge in [-0.3, -0.25) is 14.5 Å². The van der Waals surface area contributed by atoms with Crippen molar-refractivity contribution in [1.29, 1.82) is 0 Å². The maximum atomic E-state index is 11.5. The Morgan fingerprint density at radius 3 is 2.26 bits per heavy atom. The number of rotatable bonds is 4. The lowest BCUT2D eigenvalue weighted by Gasteiger charge is -2.34. The van der Waals surface area contributed by atoms with Gasteiger partial charge in [0.1, 0.15) is 13.2 Å². The summed E-state index contributed by atoms with van der Waals surface area (Å²) in [7, 11) is 0. The van der Waals surface area contributed by atoms with Crippen molar-refractivity contribution in [2.24, 2.45) is 0 Å². The molecule has 1 aliphatic rings. The van der Waals surface area contributed by atoms with Crippen molar-refractivity contribution >= 4 is 17.9 Å². The van der Waals surface area contributed by atoms with Gasteiger partial charge in [-0.25, -0.2) is 4.79 Å². The minimum Gasteiger partial charge on any atom is -0.465 e. The minimum atomic E-state index is -1.01.